The third-order valence-corrected chi connectivity index (χ3v) is 6.79. The van der Waals surface area contributed by atoms with E-state index in [-0.39, 0.29) is 11.8 Å². The molecule has 0 aromatic heterocycles. The van der Waals surface area contributed by atoms with Gasteiger partial charge in [-0.2, -0.15) is 0 Å². The minimum Gasteiger partial charge on any atom is -0.368 e. The number of hydrogen-bond donors (Lipinski definition) is 1. The molecule has 1 saturated heterocycles. The summed E-state index contributed by atoms with van der Waals surface area (Å²) in [6.07, 6.45) is 0.500. The maximum atomic E-state index is 13.4. The average Bonchev–Trinajstić information content (AvgIpc) is 2.61. The average molecular weight is 441 g/mol. The van der Waals surface area contributed by atoms with Crippen molar-refractivity contribution in [2.45, 2.75) is 25.2 Å². The van der Waals surface area contributed by atoms with Crippen LogP contribution in [0, 0.1) is 10.1 Å². The van der Waals surface area contributed by atoms with Crippen LogP contribution in [0.25, 0.3) is 0 Å². The summed E-state index contributed by atoms with van der Waals surface area (Å²) in [5.41, 5.74) is 1.31. The van der Waals surface area contributed by atoms with Gasteiger partial charge in [0.25, 0.3) is 5.69 Å². The van der Waals surface area contributed by atoms with Gasteiger partial charge in [0.2, 0.25) is 0 Å². The van der Waals surface area contributed by atoms with Crippen LogP contribution in [-0.4, -0.2) is 17.6 Å². The third kappa shape index (κ3) is 4.32. The molecule has 138 valence electrons. The molecule has 3 atom stereocenters. The molecule has 0 unspecified atom stereocenters. The highest BCUT2D eigenvalue weighted by Crippen LogP contribution is 2.63. The number of nitrogens with one attached hydrogen (secondary N) is 1. The highest BCUT2D eigenvalue weighted by molar-refractivity contribution is 9.10. The molecule has 9 heteroatoms. The fourth-order valence-electron chi connectivity index (χ4n) is 2.64. The number of non-ortho nitro benzene ring substituents is 1. The first-order chi connectivity index (χ1) is 12.4. The molecule has 2 aromatic carbocycles. The van der Waals surface area contributed by atoms with Gasteiger partial charge in [-0.05, 0) is 43.2 Å². The van der Waals surface area contributed by atoms with E-state index in [0.717, 1.165) is 10.0 Å². The fourth-order valence-corrected chi connectivity index (χ4v) is 5.05. The minimum atomic E-state index is -3.47. The van der Waals surface area contributed by atoms with E-state index in [1.807, 2.05) is 31.2 Å². The summed E-state index contributed by atoms with van der Waals surface area (Å²) in [5.74, 6) is -0.722. The van der Waals surface area contributed by atoms with Crippen LogP contribution in [0.1, 0.15) is 24.7 Å². The molecular formula is C17H18BrN2O5P. The van der Waals surface area contributed by atoms with Gasteiger partial charge in [-0.15, -0.1) is 0 Å². The number of hydrogen-bond acceptors (Lipinski definition) is 6. The molecule has 0 spiro atoms. The molecule has 3 rings (SSSR count). The molecule has 1 N–H and O–H groups in total. The molecule has 0 aliphatic carbocycles. The van der Waals surface area contributed by atoms with Crippen LogP contribution in [-0.2, 0) is 13.6 Å². The predicted octanol–water partition coefficient (Wildman–Crippen LogP) is 5.49. The molecule has 2 aromatic rings. The maximum Gasteiger partial charge on any atom is 0.357 e. The van der Waals surface area contributed by atoms with Crippen LogP contribution < -0.4 is 5.32 Å². The van der Waals surface area contributed by atoms with E-state index in [0.29, 0.717) is 18.7 Å². The van der Waals surface area contributed by atoms with Gasteiger partial charge in [-0.1, -0.05) is 28.1 Å². The number of nitro benzene ring substituents is 1. The molecule has 0 amide bonds. The molecule has 1 aliphatic heterocycles. The highest BCUT2D eigenvalue weighted by atomic mass is 79.9. The van der Waals surface area contributed by atoms with Crippen LogP contribution in [0.15, 0.2) is 53.0 Å². The van der Waals surface area contributed by atoms with Crippen molar-refractivity contribution >= 4 is 34.9 Å². The van der Waals surface area contributed by atoms with Crippen molar-refractivity contribution in [2.75, 3.05) is 11.9 Å². The number of anilines is 1. The first kappa shape index (κ1) is 19.0. The maximum absolute atomic E-state index is 13.4. The molecule has 0 bridgehead atoms. The summed E-state index contributed by atoms with van der Waals surface area (Å²) in [4.78, 5) is 10.4. The standard InChI is InChI=1S/C17H18BrN2O5P/c1-12-10-11-24-26(23,25-12)17(13-2-4-14(18)5-3-13)19-15-6-8-16(9-7-15)20(21)22/h2-9,12,17,19H,10-11H2,1H3/t12-,17-,26+/m1/s1. The SMILES string of the molecule is C[C@@H]1CCO[P@@](=O)([C@@H](Nc2ccc([N+](=O)[O-])cc2)c2ccc(Br)cc2)O1. The molecule has 1 heterocycles. The number of halogens is 1. The smallest absolute Gasteiger partial charge is 0.357 e. The Labute approximate surface area is 159 Å². The van der Waals surface area contributed by atoms with Crippen molar-refractivity contribution in [1.29, 1.82) is 0 Å². The van der Waals surface area contributed by atoms with Gasteiger partial charge in [0.05, 0.1) is 17.6 Å². The van der Waals surface area contributed by atoms with Gasteiger partial charge in [-0.3, -0.25) is 14.7 Å². The van der Waals surface area contributed by atoms with E-state index in [2.05, 4.69) is 21.2 Å². The van der Waals surface area contributed by atoms with Crippen LogP contribution in [0.3, 0.4) is 0 Å². The van der Waals surface area contributed by atoms with Gasteiger partial charge in [0.15, 0.2) is 5.78 Å². The first-order valence-corrected chi connectivity index (χ1v) is 10.5. The Morgan fingerprint density at radius 2 is 1.88 bits per heavy atom. The van der Waals surface area contributed by atoms with Crippen LogP contribution >= 0.6 is 23.5 Å². The Morgan fingerprint density at radius 3 is 2.46 bits per heavy atom. The summed E-state index contributed by atoms with van der Waals surface area (Å²) in [5, 5.41) is 14.0. The lowest BCUT2D eigenvalue weighted by Crippen LogP contribution is -2.23. The number of benzene rings is 2. The highest BCUT2D eigenvalue weighted by Gasteiger charge is 2.41. The van der Waals surface area contributed by atoms with Crippen molar-refractivity contribution < 1.29 is 18.5 Å². The molecule has 0 radical (unpaired) electrons. The monoisotopic (exact) mass is 440 g/mol. The molecular weight excluding hydrogens is 423 g/mol. The lowest BCUT2D eigenvalue weighted by Gasteiger charge is -2.34. The lowest BCUT2D eigenvalue weighted by atomic mass is 10.2. The quantitative estimate of drug-likeness (QED) is 0.375. The summed E-state index contributed by atoms with van der Waals surface area (Å²) in [7, 11) is -3.47. The fraction of sp³-hybridized carbons (Fsp3) is 0.294. The minimum absolute atomic E-state index is 0.0128. The van der Waals surface area contributed by atoms with Gasteiger partial charge >= 0.3 is 7.60 Å². The largest absolute Gasteiger partial charge is 0.368 e. The second-order valence-corrected chi connectivity index (χ2v) is 8.96. The number of rotatable bonds is 5. The second kappa shape index (κ2) is 7.88. The topological polar surface area (TPSA) is 90.7 Å². The first-order valence-electron chi connectivity index (χ1n) is 8.06. The Morgan fingerprint density at radius 1 is 1.23 bits per heavy atom. The molecule has 0 saturated carbocycles. The summed E-state index contributed by atoms with van der Waals surface area (Å²) >= 11 is 3.39. The van der Waals surface area contributed by atoms with Crippen LogP contribution in [0.2, 0.25) is 0 Å². The van der Waals surface area contributed by atoms with Crippen LogP contribution in [0.5, 0.6) is 0 Å². The summed E-state index contributed by atoms with van der Waals surface area (Å²) in [6.45, 7) is 2.22. The zero-order valence-corrected chi connectivity index (χ0v) is 16.5. The van der Waals surface area contributed by atoms with E-state index in [4.69, 9.17) is 9.05 Å². The molecule has 26 heavy (non-hydrogen) atoms. The van der Waals surface area contributed by atoms with Gasteiger partial charge in [0.1, 0.15) is 0 Å². The number of nitro groups is 1. The van der Waals surface area contributed by atoms with Gasteiger partial charge in [-0.25, -0.2) is 0 Å². The molecule has 1 aliphatic rings. The lowest BCUT2D eigenvalue weighted by molar-refractivity contribution is -0.384. The molecule has 7 nitrogen and oxygen atoms in total. The van der Waals surface area contributed by atoms with E-state index in [9.17, 15) is 14.7 Å². The zero-order chi connectivity index (χ0) is 18.7. The van der Waals surface area contributed by atoms with E-state index in [1.54, 1.807) is 12.1 Å². The molecule has 1 fully saturated rings. The van der Waals surface area contributed by atoms with Gasteiger partial charge < -0.3 is 14.4 Å². The van der Waals surface area contributed by atoms with Crippen molar-refractivity contribution in [3.05, 3.63) is 68.7 Å². The Kier molecular flexibility index (Phi) is 5.77. The summed E-state index contributed by atoms with van der Waals surface area (Å²) in [6, 6.07) is 13.3. The Balaban J connectivity index is 1.93. The van der Waals surface area contributed by atoms with E-state index < -0.39 is 18.3 Å². The third-order valence-electron chi connectivity index (χ3n) is 4.01. The van der Waals surface area contributed by atoms with E-state index >= 15 is 0 Å². The van der Waals surface area contributed by atoms with E-state index in [1.165, 1.54) is 12.1 Å². The van der Waals surface area contributed by atoms with Crippen molar-refractivity contribution in [3.8, 4) is 0 Å². The van der Waals surface area contributed by atoms with Crippen molar-refractivity contribution in [2.24, 2.45) is 0 Å². The second-order valence-electron chi connectivity index (χ2n) is 5.98. The Bertz CT molecular complexity index is 828. The zero-order valence-electron chi connectivity index (χ0n) is 14.0. The Hall–Kier alpha value is -1.73. The van der Waals surface area contributed by atoms with Crippen molar-refractivity contribution in [1.82, 2.24) is 0 Å². The predicted molar refractivity (Wildman–Crippen MR) is 102 cm³/mol. The van der Waals surface area contributed by atoms with Crippen molar-refractivity contribution in [3.63, 3.8) is 0 Å². The number of nitrogens with zero attached hydrogens (tertiary/aromatic N) is 1. The summed E-state index contributed by atoms with van der Waals surface area (Å²) < 4.78 is 25.6. The van der Waals surface area contributed by atoms with Gasteiger partial charge in [0, 0.05) is 22.3 Å². The van der Waals surface area contributed by atoms with Crippen LogP contribution in [0.4, 0.5) is 11.4 Å². The normalized spacial score (nSPS) is 24.0.